The minimum absolute atomic E-state index is 0. The van der Waals surface area contributed by atoms with Crippen LogP contribution in [0.3, 0.4) is 0 Å². The lowest BCUT2D eigenvalue weighted by atomic mass is 10.5. The van der Waals surface area contributed by atoms with Gasteiger partial charge in [0.2, 0.25) is 0 Å². The molecule has 9 heavy (non-hydrogen) atoms. The van der Waals surface area contributed by atoms with Gasteiger partial charge in [0.05, 0.1) is 27.1 Å². The molecular weight excluding hydrogens is 120 g/mol. The van der Waals surface area contributed by atoms with Gasteiger partial charge < -0.3 is 20.5 Å². The summed E-state index contributed by atoms with van der Waals surface area (Å²) in [5.41, 5.74) is 0. The smallest absolute Gasteiger partial charge is 0.118 e. The van der Waals surface area contributed by atoms with Crippen molar-refractivity contribution in [2.75, 3.05) is 27.7 Å². The van der Waals surface area contributed by atoms with Crippen LogP contribution in [0.1, 0.15) is 0 Å². The molecular formula is C5H15N2O2+. The van der Waals surface area contributed by atoms with Crippen molar-refractivity contribution in [3.05, 3.63) is 0 Å². The van der Waals surface area contributed by atoms with E-state index in [4.69, 9.17) is 0 Å². The molecule has 4 heteroatoms. The number of carboxylic acids is 1. The number of quaternary nitrogens is 2. The monoisotopic (exact) mass is 135 g/mol. The summed E-state index contributed by atoms with van der Waals surface area (Å²) >= 11 is 0. The average Bonchev–Trinajstić information content (AvgIpc) is 1.21. The van der Waals surface area contributed by atoms with Gasteiger partial charge in [-0.1, -0.05) is 0 Å². The summed E-state index contributed by atoms with van der Waals surface area (Å²) in [6.07, 6.45) is 0. The van der Waals surface area contributed by atoms with Gasteiger partial charge in [-0.25, -0.2) is 0 Å². The molecule has 0 atom stereocenters. The van der Waals surface area contributed by atoms with Gasteiger partial charge >= 0.3 is 0 Å². The second-order valence-electron chi connectivity index (χ2n) is 2.82. The Hall–Kier alpha value is -0.610. The Balaban J connectivity index is 0. The van der Waals surface area contributed by atoms with Gasteiger partial charge in [0.15, 0.2) is 0 Å². The van der Waals surface area contributed by atoms with Crippen molar-refractivity contribution in [3.63, 3.8) is 0 Å². The first-order chi connectivity index (χ1) is 3.42. The second kappa shape index (κ2) is 3.42. The van der Waals surface area contributed by atoms with Crippen molar-refractivity contribution < 1.29 is 14.4 Å². The van der Waals surface area contributed by atoms with Crippen molar-refractivity contribution in [2.45, 2.75) is 0 Å². The lowest BCUT2D eigenvalue weighted by Gasteiger charge is -2.23. The third-order valence-electron chi connectivity index (χ3n) is 0.603. The van der Waals surface area contributed by atoms with E-state index in [0.717, 1.165) is 0 Å². The highest BCUT2D eigenvalue weighted by Gasteiger charge is 2.04. The summed E-state index contributed by atoms with van der Waals surface area (Å²) in [6.45, 7) is 0.0694. The minimum atomic E-state index is -1.00. The van der Waals surface area contributed by atoms with E-state index < -0.39 is 5.97 Å². The molecule has 0 aromatic rings. The molecule has 0 aliphatic rings. The fourth-order valence-corrected chi connectivity index (χ4v) is 0.387. The number of carbonyl (C=O) groups is 1. The van der Waals surface area contributed by atoms with E-state index in [9.17, 15) is 9.90 Å². The zero-order valence-corrected chi connectivity index (χ0v) is 6.47. The molecule has 0 amide bonds. The van der Waals surface area contributed by atoms with Gasteiger partial charge in [-0.2, -0.15) is 0 Å². The number of carboxylic acid groups (broad SMARTS) is 1. The SMILES string of the molecule is C[N+](C)(C)CC(=O)[O-].[NH4+]. The molecule has 0 saturated carbocycles. The van der Waals surface area contributed by atoms with Crippen LogP contribution in [0.15, 0.2) is 0 Å². The number of hydrogen-bond donors (Lipinski definition) is 1. The van der Waals surface area contributed by atoms with Crippen LogP contribution < -0.4 is 11.3 Å². The van der Waals surface area contributed by atoms with Crippen molar-refractivity contribution in [3.8, 4) is 0 Å². The molecule has 0 spiro atoms. The fourth-order valence-electron chi connectivity index (χ4n) is 0.387. The molecule has 0 aromatic carbocycles. The summed E-state index contributed by atoms with van der Waals surface area (Å²) in [5, 5.41) is 9.89. The molecule has 0 radical (unpaired) electrons. The second-order valence-corrected chi connectivity index (χ2v) is 2.82. The number of nitrogens with zero attached hydrogens (tertiary/aromatic N) is 1. The largest absolute Gasteiger partial charge is 0.544 e. The Bertz CT molecular complexity index is 95.6. The maximum Gasteiger partial charge on any atom is 0.118 e. The van der Waals surface area contributed by atoms with E-state index in [1.807, 2.05) is 0 Å². The number of hydrogen-bond acceptors (Lipinski definition) is 2. The van der Waals surface area contributed by atoms with E-state index in [0.29, 0.717) is 4.48 Å². The molecule has 0 rings (SSSR count). The first kappa shape index (κ1) is 11.2. The molecule has 4 N–H and O–H groups in total. The predicted octanol–water partition coefficient (Wildman–Crippen LogP) is -1.18. The molecule has 0 heterocycles. The van der Waals surface area contributed by atoms with Crippen LogP contribution in [0.5, 0.6) is 0 Å². The van der Waals surface area contributed by atoms with Crippen molar-refractivity contribution in [2.24, 2.45) is 0 Å². The fraction of sp³-hybridized carbons (Fsp3) is 0.800. The van der Waals surface area contributed by atoms with Gasteiger partial charge in [0, 0.05) is 0 Å². The van der Waals surface area contributed by atoms with E-state index >= 15 is 0 Å². The molecule has 0 aromatic heterocycles. The summed E-state index contributed by atoms with van der Waals surface area (Å²) < 4.78 is 0.419. The van der Waals surface area contributed by atoms with Crippen LogP contribution in [-0.4, -0.2) is 38.1 Å². The van der Waals surface area contributed by atoms with Crippen molar-refractivity contribution >= 4 is 5.97 Å². The lowest BCUT2D eigenvalue weighted by Crippen LogP contribution is -2.45. The van der Waals surface area contributed by atoms with E-state index in [-0.39, 0.29) is 12.7 Å². The Morgan fingerprint density at radius 3 is 1.78 bits per heavy atom. The van der Waals surface area contributed by atoms with Crippen LogP contribution in [0, 0.1) is 0 Å². The zero-order valence-electron chi connectivity index (χ0n) is 6.47. The Labute approximate surface area is 55.3 Å². The van der Waals surface area contributed by atoms with E-state index in [2.05, 4.69) is 0 Å². The molecule has 0 aliphatic heterocycles. The number of rotatable bonds is 2. The van der Waals surface area contributed by atoms with Gasteiger partial charge in [0.1, 0.15) is 6.54 Å². The summed E-state index contributed by atoms with van der Waals surface area (Å²) in [6, 6.07) is 0. The third-order valence-corrected chi connectivity index (χ3v) is 0.603. The Kier molecular flexibility index (Phi) is 4.27. The highest BCUT2D eigenvalue weighted by Crippen LogP contribution is 1.84. The standard InChI is InChI=1S/C5H11NO2.H3N/c1-6(2,3)4-5(7)8;/h4H2,1-3H3;1H3/p+1. The Morgan fingerprint density at radius 1 is 1.44 bits per heavy atom. The normalized spacial score (nSPS) is 10.1. The van der Waals surface area contributed by atoms with Crippen molar-refractivity contribution in [1.29, 1.82) is 0 Å². The summed E-state index contributed by atoms with van der Waals surface area (Å²) in [7, 11) is 5.40. The molecule has 0 bridgehead atoms. The number of aliphatic carboxylic acids is 1. The lowest BCUT2D eigenvalue weighted by molar-refractivity contribution is -0.864. The molecule has 0 fully saturated rings. The Morgan fingerprint density at radius 2 is 1.78 bits per heavy atom. The topological polar surface area (TPSA) is 76.6 Å². The quantitative estimate of drug-likeness (QED) is 0.484. The van der Waals surface area contributed by atoms with Gasteiger partial charge in [0.25, 0.3) is 0 Å². The first-order valence-corrected chi connectivity index (χ1v) is 2.42. The van der Waals surface area contributed by atoms with Gasteiger partial charge in [-0.15, -0.1) is 0 Å². The summed E-state index contributed by atoms with van der Waals surface area (Å²) in [5.74, 6) is -1.00. The maximum absolute atomic E-state index is 9.89. The molecule has 0 unspecified atom stereocenters. The van der Waals surface area contributed by atoms with Crippen LogP contribution in [-0.2, 0) is 4.79 Å². The predicted molar refractivity (Wildman–Crippen MR) is 33.9 cm³/mol. The summed E-state index contributed by atoms with van der Waals surface area (Å²) in [4.78, 5) is 9.89. The van der Waals surface area contributed by atoms with Crippen LogP contribution in [0.25, 0.3) is 0 Å². The number of likely N-dealkylation sites (N-methyl/N-ethyl adjacent to an activating group) is 1. The van der Waals surface area contributed by atoms with Gasteiger partial charge in [-0.3, -0.25) is 0 Å². The van der Waals surface area contributed by atoms with E-state index in [1.165, 1.54) is 0 Å². The molecule has 0 saturated heterocycles. The molecule has 0 aliphatic carbocycles. The van der Waals surface area contributed by atoms with Crippen LogP contribution in [0.4, 0.5) is 0 Å². The average molecular weight is 135 g/mol. The zero-order chi connectivity index (χ0) is 6.78. The van der Waals surface area contributed by atoms with E-state index in [1.54, 1.807) is 21.1 Å². The highest BCUT2D eigenvalue weighted by molar-refractivity contribution is 5.65. The first-order valence-electron chi connectivity index (χ1n) is 2.42. The van der Waals surface area contributed by atoms with Crippen LogP contribution >= 0.6 is 0 Å². The van der Waals surface area contributed by atoms with Crippen LogP contribution in [0.2, 0.25) is 0 Å². The molecule has 56 valence electrons. The van der Waals surface area contributed by atoms with Gasteiger partial charge in [-0.05, 0) is 0 Å². The minimum Gasteiger partial charge on any atom is -0.544 e. The highest BCUT2D eigenvalue weighted by atomic mass is 16.4. The maximum atomic E-state index is 9.89. The third kappa shape index (κ3) is 11.1. The molecule has 4 nitrogen and oxygen atoms in total. The van der Waals surface area contributed by atoms with Crippen molar-refractivity contribution in [1.82, 2.24) is 6.15 Å². The number of carbonyl (C=O) groups excluding carboxylic acids is 1.